The van der Waals surface area contributed by atoms with Crippen LogP contribution in [0.3, 0.4) is 0 Å². The predicted octanol–water partition coefficient (Wildman–Crippen LogP) is 3.18. The molecule has 1 aromatic carbocycles. The van der Waals surface area contributed by atoms with Crippen molar-refractivity contribution in [3.05, 3.63) is 65.5 Å². The van der Waals surface area contributed by atoms with Gasteiger partial charge in [-0.25, -0.2) is 0 Å². The number of nitrogens with one attached hydrogen (secondary N) is 2. The van der Waals surface area contributed by atoms with E-state index in [1.807, 2.05) is 43.7 Å². The van der Waals surface area contributed by atoms with E-state index in [1.54, 1.807) is 0 Å². The summed E-state index contributed by atoms with van der Waals surface area (Å²) in [5.41, 5.74) is 3.73. The molecule has 1 saturated heterocycles. The molecule has 0 aliphatic carbocycles. The highest BCUT2D eigenvalue weighted by molar-refractivity contribution is 5.25. The molecule has 1 fully saturated rings. The second kappa shape index (κ2) is 9.66. The summed E-state index contributed by atoms with van der Waals surface area (Å²) in [7, 11) is 1.96. The van der Waals surface area contributed by atoms with Crippen molar-refractivity contribution in [2.75, 3.05) is 20.1 Å². The third kappa shape index (κ3) is 5.92. The maximum Gasteiger partial charge on any atom is 0.0681 e. The number of hydrogen-bond donors (Lipinski definition) is 3. The maximum atomic E-state index is 8.93. The van der Waals surface area contributed by atoms with Gasteiger partial charge in [-0.05, 0) is 81.6 Å². The fourth-order valence-electron chi connectivity index (χ4n) is 2.96. The Morgan fingerprint density at radius 2 is 1.68 bits per heavy atom. The Kier molecular flexibility index (Phi) is 7.56. The molecule has 0 saturated carbocycles. The van der Waals surface area contributed by atoms with Crippen molar-refractivity contribution in [3.8, 4) is 0 Å². The van der Waals surface area contributed by atoms with Gasteiger partial charge in [0.05, 0.1) is 6.61 Å². The first-order valence-corrected chi connectivity index (χ1v) is 9.06. The average molecular weight is 341 g/mol. The molecule has 3 rings (SSSR count). The van der Waals surface area contributed by atoms with Gasteiger partial charge in [-0.1, -0.05) is 24.3 Å². The topological polar surface area (TPSA) is 57.2 Å². The van der Waals surface area contributed by atoms with Gasteiger partial charge in [-0.15, -0.1) is 0 Å². The van der Waals surface area contributed by atoms with Crippen molar-refractivity contribution in [1.29, 1.82) is 0 Å². The van der Waals surface area contributed by atoms with Crippen LogP contribution in [0.5, 0.6) is 0 Å². The third-order valence-corrected chi connectivity index (χ3v) is 5.00. The van der Waals surface area contributed by atoms with Gasteiger partial charge in [0.2, 0.25) is 0 Å². The highest BCUT2D eigenvalue weighted by Crippen LogP contribution is 2.25. The second-order valence-corrected chi connectivity index (χ2v) is 7.03. The fourth-order valence-corrected chi connectivity index (χ4v) is 2.96. The van der Waals surface area contributed by atoms with Gasteiger partial charge in [0.1, 0.15) is 0 Å². The molecular weight excluding hydrogens is 310 g/mol. The van der Waals surface area contributed by atoms with E-state index in [0.29, 0.717) is 5.92 Å². The number of nitrogens with zero attached hydrogens (tertiary/aromatic N) is 1. The Bertz CT molecular complexity index is 605. The Balaban J connectivity index is 0.000000186. The van der Waals surface area contributed by atoms with Crippen molar-refractivity contribution in [2.24, 2.45) is 0 Å². The van der Waals surface area contributed by atoms with Crippen molar-refractivity contribution < 1.29 is 5.11 Å². The second-order valence-electron chi connectivity index (χ2n) is 7.03. The summed E-state index contributed by atoms with van der Waals surface area (Å²) in [4.78, 5) is 3.97. The average Bonchev–Trinajstić information content (AvgIpc) is 2.70. The lowest BCUT2D eigenvalue weighted by molar-refractivity contribution is 0.282. The number of benzene rings is 1. The van der Waals surface area contributed by atoms with E-state index < -0.39 is 0 Å². The summed E-state index contributed by atoms with van der Waals surface area (Å²) in [5.74, 6) is 0.712. The first kappa shape index (κ1) is 19.6. The molecule has 1 aromatic heterocycles. The number of aliphatic hydroxyl groups excluding tert-OH is 1. The van der Waals surface area contributed by atoms with E-state index in [1.165, 1.54) is 24.0 Å². The van der Waals surface area contributed by atoms with Crippen LogP contribution in [-0.4, -0.2) is 30.2 Å². The zero-order valence-corrected chi connectivity index (χ0v) is 15.6. The molecule has 4 nitrogen and oxygen atoms in total. The number of aromatic nitrogens is 1. The minimum atomic E-state index is 0.0446. The minimum absolute atomic E-state index is 0.0446. The van der Waals surface area contributed by atoms with Crippen LogP contribution in [0.2, 0.25) is 0 Å². The zero-order chi connectivity index (χ0) is 18.1. The number of aliphatic hydroxyl groups is 1. The van der Waals surface area contributed by atoms with Crippen molar-refractivity contribution in [1.82, 2.24) is 15.6 Å². The van der Waals surface area contributed by atoms with E-state index >= 15 is 0 Å². The van der Waals surface area contributed by atoms with E-state index in [-0.39, 0.29) is 12.1 Å². The first-order valence-electron chi connectivity index (χ1n) is 9.06. The van der Waals surface area contributed by atoms with Gasteiger partial charge in [0, 0.05) is 17.9 Å². The Morgan fingerprint density at radius 3 is 2.20 bits per heavy atom. The molecule has 3 N–H and O–H groups in total. The largest absolute Gasteiger partial charge is 0.392 e. The molecule has 0 radical (unpaired) electrons. The molecule has 25 heavy (non-hydrogen) atoms. The molecule has 136 valence electrons. The van der Waals surface area contributed by atoms with E-state index in [0.717, 1.165) is 18.7 Å². The van der Waals surface area contributed by atoms with Crippen LogP contribution in [0.4, 0.5) is 0 Å². The summed E-state index contributed by atoms with van der Waals surface area (Å²) >= 11 is 0. The molecule has 4 heteroatoms. The normalized spacial score (nSPS) is 15.4. The Labute approximate surface area is 151 Å². The maximum absolute atomic E-state index is 8.93. The van der Waals surface area contributed by atoms with E-state index in [9.17, 15) is 0 Å². The lowest BCUT2D eigenvalue weighted by atomic mass is 9.90. The summed E-state index contributed by atoms with van der Waals surface area (Å²) in [6.45, 7) is 6.69. The summed E-state index contributed by atoms with van der Waals surface area (Å²) in [5, 5.41) is 15.5. The van der Waals surface area contributed by atoms with Crippen molar-refractivity contribution in [3.63, 3.8) is 0 Å². The molecule has 0 amide bonds. The van der Waals surface area contributed by atoms with Crippen LogP contribution in [0.15, 0.2) is 48.8 Å². The molecule has 0 bridgehead atoms. The number of pyridine rings is 1. The zero-order valence-electron chi connectivity index (χ0n) is 15.6. The molecule has 0 unspecified atom stereocenters. The molecule has 2 aromatic rings. The van der Waals surface area contributed by atoms with Crippen LogP contribution in [0, 0.1) is 0 Å². The fraction of sp³-hybridized carbons (Fsp3) is 0.476. The molecule has 1 aliphatic rings. The van der Waals surface area contributed by atoms with Gasteiger partial charge in [-0.2, -0.15) is 0 Å². The van der Waals surface area contributed by atoms with Crippen LogP contribution in [0.1, 0.15) is 49.3 Å². The first-order chi connectivity index (χ1) is 12.1. The monoisotopic (exact) mass is 341 g/mol. The van der Waals surface area contributed by atoms with E-state index in [4.69, 9.17) is 5.11 Å². The minimum Gasteiger partial charge on any atom is -0.392 e. The van der Waals surface area contributed by atoms with Gasteiger partial charge in [0.25, 0.3) is 0 Å². The smallest absolute Gasteiger partial charge is 0.0681 e. The number of rotatable bonds is 4. The van der Waals surface area contributed by atoms with Gasteiger partial charge >= 0.3 is 0 Å². The summed E-state index contributed by atoms with van der Waals surface area (Å²) in [6, 6.07) is 12.4. The quantitative estimate of drug-likeness (QED) is 0.799. The molecular formula is C21H31N3O. The van der Waals surface area contributed by atoms with Crippen LogP contribution in [0.25, 0.3) is 0 Å². The van der Waals surface area contributed by atoms with Crippen LogP contribution >= 0.6 is 0 Å². The highest BCUT2D eigenvalue weighted by atomic mass is 16.3. The number of piperidine rings is 1. The Morgan fingerprint density at radius 1 is 1.08 bits per heavy atom. The summed E-state index contributed by atoms with van der Waals surface area (Å²) in [6.07, 6.45) is 6.10. The Hall–Kier alpha value is -1.75. The van der Waals surface area contributed by atoms with Gasteiger partial charge in [0.15, 0.2) is 0 Å². The van der Waals surface area contributed by atoms with Crippen molar-refractivity contribution in [2.45, 2.75) is 44.8 Å². The SMILES string of the molecule is CNC(C)(C)c1ccncc1.OCc1ccc(C2CCNCC2)cc1. The van der Waals surface area contributed by atoms with E-state index in [2.05, 4.69) is 41.6 Å². The lowest BCUT2D eigenvalue weighted by Gasteiger charge is -2.24. The van der Waals surface area contributed by atoms with Gasteiger partial charge < -0.3 is 15.7 Å². The molecule has 0 atom stereocenters. The summed E-state index contributed by atoms with van der Waals surface area (Å²) < 4.78 is 0. The molecule has 2 heterocycles. The van der Waals surface area contributed by atoms with Crippen LogP contribution < -0.4 is 10.6 Å². The lowest BCUT2D eigenvalue weighted by Crippen LogP contribution is -2.32. The standard InChI is InChI=1S/C12H17NO.C9H14N2/c14-9-10-1-3-11(4-2-10)12-5-7-13-8-6-12;1-9(2,10-3)8-4-6-11-7-5-8/h1-4,12-14H,5-9H2;4-7,10H,1-3H3. The predicted molar refractivity (Wildman–Crippen MR) is 104 cm³/mol. The van der Waals surface area contributed by atoms with Crippen LogP contribution in [-0.2, 0) is 12.1 Å². The third-order valence-electron chi connectivity index (χ3n) is 5.00. The molecule has 1 aliphatic heterocycles. The highest BCUT2D eigenvalue weighted by Gasteiger charge is 2.16. The van der Waals surface area contributed by atoms with Gasteiger partial charge in [-0.3, -0.25) is 4.98 Å². The molecule has 0 spiro atoms. The number of hydrogen-bond acceptors (Lipinski definition) is 4. The van der Waals surface area contributed by atoms with Crippen molar-refractivity contribution >= 4 is 0 Å².